The number of fused-ring (bicyclic) bond motifs is 3. The molecule has 1 aliphatic heterocycles. The first-order valence-electron chi connectivity index (χ1n) is 10.6. The standard InChI is InChI=1S/C22H25N7O3/c1-28-7-9-29(10-8-28)14-4-6-16(17(11-14)31-2)25-22-24-12-13-3-5-15-19(18(13)26-22)27-32-20(15)21(23)30/h4,6,11-12H,3,5,7-10H2,1-2H3,(H2,23,30)(H,24,25,26). The van der Waals surface area contributed by atoms with Gasteiger partial charge in [0, 0.05) is 49.7 Å². The van der Waals surface area contributed by atoms with Crippen LogP contribution in [0.1, 0.15) is 21.7 Å². The van der Waals surface area contributed by atoms with E-state index in [9.17, 15) is 4.79 Å². The fourth-order valence-electron chi connectivity index (χ4n) is 4.20. The van der Waals surface area contributed by atoms with E-state index in [1.807, 2.05) is 12.1 Å². The van der Waals surface area contributed by atoms with Gasteiger partial charge in [0.25, 0.3) is 5.91 Å². The van der Waals surface area contributed by atoms with Crippen molar-refractivity contribution in [3.8, 4) is 17.1 Å². The molecule has 2 aliphatic rings. The van der Waals surface area contributed by atoms with Crippen LogP contribution in [-0.2, 0) is 12.8 Å². The lowest BCUT2D eigenvalue weighted by atomic mass is 9.93. The van der Waals surface area contributed by atoms with Crippen molar-refractivity contribution in [2.24, 2.45) is 5.73 Å². The molecule has 1 fully saturated rings. The minimum atomic E-state index is -0.625. The van der Waals surface area contributed by atoms with Gasteiger partial charge < -0.3 is 30.1 Å². The molecule has 10 nitrogen and oxygen atoms in total. The van der Waals surface area contributed by atoms with Crippen molar-refractivity contribution in [1.29, 1.82) is 0 Å². The van der Waals surface area contributed by atoms with Gasteiger partial charge in [-0.15, -0.1) is 0 Å². The monoisotopic (exact) mass is 435 g/mol. The van der Waals surface area contributed by atoms with Crippen molar-refractivity contribution in [3.05, 3.63) is 41.3 Å². The Labute approximate surface area is 185 Å². The first kappa shape index (κ1) is 20.3. The highest BCUT2D eigenvalue weighted by atomic mass is 16.5. The number of piperazine rings is 1. The number of rotatable bonds is 5. The van der Waals surface area contributed by atoms with Crippen LogP contribution < -0.4 is 20.7 Å². The fraction of sp³-hybridized carbons (Fsp3) is 0.364. The number of amides is 1. The lowest BCUT2D eigenvalue weighted by Crippen LogP contribution is -2.44. The summed E-state index contributed by atoms with van der Waals surface area (Å²) < 4.78 is 10.8. The van der Waals surface area contributed by atoms with Crippen LogP contribution in [0.3, 0.4) is 0 Å². The molecular formula is C22H25N7O3. The first-order chi connectivity index (χ1) is 15.5. The lowest BCUT2D eigenvalue weighted by Gasteiger charge is -2.34. The Morgan fingerprint density at radius 3 is 2.75 bits per heavy atom. The molecule has 0 bridgehead atoms. The van der Waals surface area contributed by atoms with Crippen LogP contribution in [0.15, 0.2) is 28.9 Å². The van der Waals surface area contributed by atoms with Crippen LogP contribution in [0.2, 0.25) is 0 Å². The van der Waals surface area contributed by atoms with Crippen LogP contribution in [0.25, 0.3) is 11.4 Å². The molecule has 0 unspecified atom stereocenters. The van der Waals surface area contributed by atoms with Gasteiger partial charge in [-0.2, -0.15) is 0 Å². The smallest absolute Gasteiger partial charge is 0.287 e. The maximum absolute atomic E-state index is 11.6. The number of carbonyl (C=O) groups is 1. The Morgan fingerprint density at radius 1 is 1.19 bits per heavy atom. The number of hydrogen-bond donors (Lipinski definition) is 2. The first-order valence-corrected chi connectivity index (χ1v) is 10.6. The SMILES string of the molecule is COc1cc(N2CCN(C)CC2)ccc1Nc1ncc2c(n1)-c1noc(C(N)=O)c1CC2. The molecule has 3 aromatic rings. The molecule has 1 aromatic carbocycles. The third kappa shape index (κ3) is 3.62. The van der Waals surface area contributed by atoms with E-state index >= 15 is 0 Å². The van der Waals surface area contributed by atoms with E-state index in [0.717, 1.165) is 43.1 Å². The normalized spacial score (nSPS) is 15.8. The number of hydrogen-bond acceptors (Lipinski definition) is 9. The summed E-state index contributed by atoms with van der Waals surface area (Å²) in [6.07, 6.45) is 3.08. The largest absolute Gasteiger partial charge is 0.494 e. The zero-order valence-corrected chi connectivity index (χ0v) is 18.1. The molecule has 0 spiro atoms. The second-order valence-corrected chi connectivity index (χ2v) is 8.07. The molecule has 2 aromatic heterocycles. The molecule has 0 radical (unpaired) electrons. The predicted molar refractivity (Wildman–Crippen MR) is 119 cm³/mol. The summed E-state index contributed by atoms with van der Waals surface area (Å²) >= 11 is 0. The number of likely N-dealkylation sites (N-methyl/N-ethyl adjacent to an activating group) is 1. The quantitative estimate of drug-likeness (QED) is 0.618. The summed E-state index contributed by atoms with van der Waals surface area (Å²) in [6, 6.07) is 6.08. The number of aromatic nitrogens is 3. The van der Waals surface area contributed by atoms with E-state index in [1.54, 1.807) is 13.3 Å². The third-order valence-corrected chi connectivity index (χ3v) is 6.05. The summed E-state index contributed by atoms with van der Waals surface area (Å²) in [4.78, 5) is 25.4. The molecule has 1 aliphatic carbocycles. The third-order valence-electron chi connectivity index (χ3n) is 6.05. The van der Waals surface area contributed by atoms with Crippen molar-refractivity contribution in [1.82, 2.24) is 20.0 Å². The van der Waals surface area contributed by atoms with E-state index in [0.29, 0.717) is 41.5 Å². The second kappa shape index (κ2) is 8.12. The summed E-state index contributed by atoms with van der Waals surface area (Å²) in [5.41, 5.74) is 10.1. The minimum Gasteiger partial charge on any atom is -0.494 e. The van der Waals surface area contributed by atoms with E-state index in [1.165, 1.54) is 0 Å². The number of nitrogens with one attached hydrogen (secondary N) is 1. The van der Waals surface area contributed by atoms with Crippen molar-refractivity contribution in [3.63, 3.8) is 0 Å². The number of benzene rings is 1. The number of anilines is 3. The zero-order chi connectivity index (χ0) is 22.2. The minimum absolute atomic E-state index is 0.0972. The van der Waals surface area contributed by atoms with Crippen LogP contribution >= 0.6 is 0 Å². The molecule has 32 heavy (non-hydrogen) atoms. The average Bonchev–Trinajstić information content (AvgIpc) is 3.25. The van der Waals surface area contributed by atoms with Gasteiger partial charge in [-0.05, 0) is 37.6 Å². The van der Waals surface area contributed by atoms with Crippen molar-refractivity contribution >= 4 is 23.2 Å². The highest BCUT2D eigenvalue weighted by Crippen LogP contribution is 2.35. The highest BCUT2D eigenvalue weighted by Gasteiger charge is 2.28. The zero-order valence-electron chi connectivity index (χ0n) is 18.1. The van der Waals surface area contributed by atoms with Gasteiger partial charge in [-0.1, -0.05) is 5.16 Å². The maximum atomic E-state index is 11.6. The molecule has 1 amide bonds. The molecule has 5 rings (SSSR count). The Morgan fingerprint density at radius 2 is 2.00 bits per heavy atom. The van der Waals surface area contributed by atoms with Crippen LogP contribution in [0.4, 0.5) is 17.3 Å². The van der Waals surface area contributed by atoms with E-state index < -0.39 is 5.91 Å². The number of aryl methyl sites for hydroxylation is 1. The Balaban J connectivity index is 1.42. The van der Waals surface area contributed by atoms with Gasteiger partial charge in [0.15, 0.2) is 0 Å². The Hall–Kier alpha value is -3.66. The number of carbonyl (C=O) groups excluding carboxylic acids is 1. The molecule has 0 atom stereocenters. The average molecular weight is 435 g/mol. The molecule has 3 heterocycles. The Kier molecular flexibility index (Phi) is 5.14. The van der Waals surface area contributed by atoms with Crippen LogP contribution in [0.5, 0.6) is 5.75 Å². The lowest BCUT2D eigenvalue weighted by molar-refractivity contribution is 0.0964. The maximum Gasteiger partial charge on any atom is 0.287 e. The van der Waals surface area contributed by atoms with Crippen LogP contribution in [0, 0.1) is 0 Å². The molecule has 1 saturated heterocycles. The van der Waals surface area contributed by atoms with Crippen molar-refractivity contribution < 1.29 is 14.1 Å². The van der Waals surface area contributed by atoms with E-state index in [4.69, 9.17) is 15.0 Å². The second-order valence-electron chi connectivity index (χ2n) is 8.07. The number of nitrogens with zero attached hydrogens (tertiary/aromatic N) is 5. The van der Waals surface area contributed by atoms with Gasteiger partial charge in [0.2, 0.25) is 11.7 Å². The number of methoxy groups -OCH3 is 1. The number of ether oxygens (including phenoxy) is 1. The number of nitrogens with two attached hydrogens (primary N) is 1. The molecule has 10 heteroatoms. The van der Waals surface area contributed by atoms with Gasteiger partial charge in [0.05, 0.1) is 12.8 Å². The van der Waals surface area contributed by atoms with Gasteiger partial charge in [-0.3, -0.25) is 4.79 Å². The topological polar surface area (TPSA) is 123 Å². The summed E-state index contributed by atoms with van der Waals surface area (Å²) in [6.45, 7) is 4.03. The molecular weight excluding hydrogens is 410 g/mol. The molecule has 0 saturated carbocycles. The summed E-state index contributed by atoms with van der Waals surface area (Å²) in [5.74, 6) is 0.589. The molecule has 166 valence electrons. The summed E-state index contributed by atoms with van der Waals surface area (Å²) in [7, 11) is 3.79. The van der Waals surface area contributed by atoms with E-state index in [2.05, 4.69) is 43.4 Å². The Bertz CT molecular complexity index is 1170. The molecule has 3 N–H and O–H groups in total. The van der Waals surface area contributed by atoms with Gasteiger partial charge in [0.1, 0.15) is 17.1 Å². The number of primary amides is 1. The van der Waals surface area contributed by atoms with Crippen molar-refractivity contribution in [2.45, 2.75) is 12.8 Å². The van der Waals surface area contributed by atoms with Crippen LogP contribution in [-0.4, -0.2) is 66.3 Å². The fourth-order valence-corrected chi connectivity index (χ4v) is 4.20. The van der Waals surface area contributed by atoms with Gasteiger partial charge >= 0.3 is 0 Å². The van der Waals surface area contributed by atoms with Crippen molar-refractivity contribution in [2.75, 3.05) is 50.6 Å². The van der Waals surface area contributed by atoms with Gasteiger partial charge in [-0.25, -0.2) is 9.97 Å². The predicted octanol–water partition coefficient (Wildman–Crippen LogP) is 1.83. The van der Waals surface area contributed by atoms with E-state index in [-0.39, 0.29) is 5.76 Å². The summed E-state index contributed by atoms with van der Waals surface area (Å²) in [5, 5.41) is 7.29. The highest BCUT2D eigenvalue weighted by molar-refractivity contribution is 5.93.